The summed E-state index contributed by atoms with van der Waals surface area (Å²) in [5.74, 6) is 0.0842. The van der Waals surface area contributed by atoms with Gasteiger partial charge in [-0.05, 0) is 55.3 Å². The van der Waals surface area contributed by atoms with Gasteiger partial charge in [-0.25, -0.2) is 17.9 Å². The fraction of sp³-hybridized carbons (Fsp3) is 0.292. The molecule has 5 rings (SSSR count). The van der Waals surface area contributed by atoms with Crippen molar-refractivity contribution in [2.24, 2.45) is 5.92 Å². The normalized spacial score (nSPS) is 15.7. The molecule has 1 fully saturated rings. The molecule has 1 N–H and O–H groups in total. The van der Waals surface area contributed by atoms with Gasteiger partial charge in [-0.2, -0.15) is 5.10 Å². The van der Waals surface area contributed by atoms with Crippen LogP contribution in [0.15, 0.2) is 60.2 Å². The van der Waals surface area contributed by atoms with E-state index in [9.17, 15) is 13.2 Å². The van der Waals surface area contributed by atoms with Crippen LogP contribution in [0.4, 0.5) is 5.69 Å². The lowest BCUT2D eigenvalue weighted by atomic mass is 10.1. The molecule has 3 heterocycles. The number of fused-ring (bicyclic) bond motifs is 1. The lowest BCUT2D eigenvalue weighted by molar-refractivity contribution is 0.104. The van der Waals surface area contributed by atoms with Gasteiger partial charge in [0.05, 0.1) is 27.6 Å². The highest BCUT2D eigenvalue weighted by molar-refractivity contribution is 7.93. The first-order chi connectivity index (χ1) is 15.9. The summed E-state index contributed by atoms with van der Waals surface area (Å²) in [5, 5.41) is 5.83. The predicted octanol–water partition coefficient (Wildman–Crippen LogP) is 5.01. The number of benzene rings is 1. The van der Waals surface area contributed by atoms with Crippen LogP contribution in [0.25, 0.3) is 16.9 Å². The molecule has 170 valence electrons. The molecule has 1 aliphatic carbocycles. The maximum atomic E-state index is 13.0. The van der Waals surface area contributed by atoms with Crippen LogP contribution in [0.1, 0.15) is 47.8 Å². The van der Waals surface area contributed by atoms with Gasteiger partial charge in [0, 0.05) is 17.4 Å². The van der Waals surface area contributed by atoms with E-state index in [1.165, 1.54) is 17.5 Å². The minimum Gasteiger partial charge on any atom is -0.287 e. The van der Waals surface area contributed by atoms with Crippen LogP contribution in [-0.2, 0) is 10.0 Å². The lowest BCUT2D eigenvalue weighted by Crippen LogP contribution is -2.30. The molecule has 4 aromatic rings. The number of sulfonamides is 1. The molecule has 1 unspecified atom stereocenters. The molecular weight excluding hydrogens is 456 g/mol. The third-order valence-corrected chi connectivity index (χ3v) is 9.12. The summed E-state index contributed by atoms with van der Waals surface area (Å²) in [6.45, 7) is 1.80. The van der Waals surface area contributed by atoms with Crippen molar-refractivity contribution >= 4 is 38.5 Å². The van der Waals surface area contributed by atoms with E-state index in [2.05, 4.69) is 14.8 Å². The molecule has 1 saturated carbocycles. The minimum atomic E-state index is -3.50. The summed E-state index contributed by atoms with van der Waals surface area (Å²) in [4.78, 5) is 17.9. The summed E-state index contributed by atoms with van der Waals surface area (Å²) < 4.78 is 30.3. The fourth-order valence-corrected chi connectivity index (χ4v) is 6.59. The third-order valence-electron chi connectivity index (χ3n) is 6.36. The topological polar surface area (TPSA) is 93.4 Å². The molecule has 7 nitrogen and oxygen atoms in total. The van der Waals surface area contributed by atoms with Gasteiger partial charge in [-0.1, -0.05) is 31.0 Å². The average molecular weight is 481 g/mol. The Morgan fingerprint density at radius 2 is 2.00 bits per heavy atom. The Morgan fingerprint density at radius 3 is 2.76 bits per heavy atom. The van der Waals surface area contributed by atoms with Crippen molar-refractivity contribution in [2.75, 3.05) is 4.72 Å². The maximum Gasteiger partial charge on any atom is 0.235 e. The van der Waals surface area contributed by atoms with E-state index in [4.69, 9.17) is 0 Å². The zero-order valence-corrected chi connectivity index (χ0v) is 19.8. The first kappa shape index (κ1) is 21.8. The summed E-state index contributed by atoms with van der Waals surface area (Å²) >= 11 is 1.38. The van der Waals surface area contributed by atoms with Crippen molar-refractivity contribution in [1.29, 1.82) is 0 Å². The zero-order valence-electron chi connectivity index (χ0n) is 18.1. The van der Waals surface area contributed by atoms with Gasteiger partial charge in [-0.15, -0.1) is 11.3 Å². The number of hydrogen-bond donors (Lipinski definition) is 1. The molecule has 0 amide bonds. The van der Waals surface area contributed by atoms with E-state index in [0.29, 0.717) is 21.8 Å². The van der Waals surface area contributed by atoms with Gasteiger partial charge < -0.3 is 0 Å². The van der Waals surface area contributed by atoms with Crippen LogP contribution in [0.2, 0.25) is 0 Å². The third kappa shape index (κ3) is 4.18. The Balaban J connectivity index is 1.46. The molecule has 0 aliphatic heterocycles. The molecule has 0 bridgehead atoms. The number of nitrogens with zero attached hydrogens (tertiary/aromatic N) is 3. The Hall–Kier alpha value is -3.04. The predicted molar refractivity (Wildman–Crippen MR) is 130 cm³/mol. The highest BCUT2D eigenvalue weighted by Gasteiger charge is 2.31. The smallest absolute Gasteiger partial charge is 0.235 e. The molecule has 1 aliphatic rings. The number of hydrogen-bond acceptors (Lipinski definition) is 6. The summed E-state index contributed by atoms with van der Waals surface area (Å²) in [7, 11) is -3.50. The van der Waals surface area contributed by atoms with Crippen molar-refractivity contribution in [3.05, 3.63) is 70.7 Å². The quantitative estimate of drug-likeness (QED) is 0.375. The number of nitrogens with one attached hydrogen (secondary N) is 1. The number of anilines is 1. The fourth-order valence-electron chi connectivity index (χ4n) is 4.49. The lowest BCUT2D eigenvalue weighted by Gasteiger charge is -2.20. The van der Waals surface area contributed by atoms with E-state index in [-0.39, 0.29) is 11.7 Å². The van der Waals surface area contributed by atoms with Gasteiger partial charge in [0.2, 0.25) is 15.8 Å². The Bertz CT molecular complexity index is 1400. The Labute approximate surface area is 196 Å². The monoisotopic (exact) mass is 480 g/mol. The average Bonchev–Trinajstić information content (AvgIpc) is 3.59. The van der Waals surface area contributed by atoms with Crippen LogP contribution in [-0.4, -0.2) is 34.0 Å². The number of carbonyl (C=O) groups excluding carboxylic acids is 1. The molecule has 33 heavy (non-hydrogen) atoms. The van der Waals surface area contributed by atoms with Gasteiger partial charge in [0.15, 0.2) is 5.65 Å². The van der Waals surface area contributed by atoms with Crippen LogP contribution in [0.5, 0.6) is 0 Å². The Kier molecular flexibility index (Phi) is 5.76. The van der Waals surface area contributed by atoms with E-state index in [1.54, 1.807) is 48.0 Å². The van der Waals surface area contributed by atoms with Crippen LogP contribution in [0.3, 0.4) is 0 Å². The van der Waals surface area contributed by atoms with Crippen molar-refractivity contribution < 1.29 is 13.2 Å². The summed E-state index contributed by atoms with van der Waals surface area (Å²) in [6.07, 6.45) is 7.28. The Morgan fingerprint density at radius 1 is 1.18 bits per heavy atom. The van der Waals surface area contributed by atoms with Crippen molar-refractivity contribution in [3.63, 3.8) is 0 Å². The number of carbonyl (C=O) groups is 1. The van der Waals surface area contributed by atoms with E-state index in [1.807, 2.05) is 17.5 Å². The van der Waals surface area contributed by atoms with E-state index in [0.717, 1.165) is 36.9 Å². The summed E-state index contributed by atoms with van der Waals surface area (Å²) in [5.41, 5.74) is 2.89. The second-order valence-electron chi connectivity index (χ2n) is 8.41. The zero-order chi connectivity index (χ0) is 23.0. The van der Waals surface area contributed by atoms with Crippen molar-refractivity contribution in [3.8, 4) is 11.3 Å². The molecule has 3 aromatic heterocycles. The second kappa shape index (κ2) is 8.72. The highest BCUT2D eigenvalue weighted by atomic mass is 32.2. The first-order valence-electron chi connectivity index (χ1n) is 11.0. The maximum absolute atomic E-state index is 13.0. The van der Waals surface area contributed by atoms with Gasteiger partial charge in [0.1, 0.15) is 0 Å². The molecule has 1 atom stereocenters. The number of aromatic nitrogens is 3. The van der Waals surface area contributed by atoms with Gasteiger partial charge >= 0.3 is 0 Å². The standard InChI is InChI=1S/C24H24N4O3S2/c1-16(17-6-2-3-7-17)33(30,31)27-19-9-4-8-18(14-19)21-11-12-25-24-20(15-26-28(21)24)23(29)22-10-5-13-32-22/h4-5,8-17,27H,2-3,6-7H2,1H3. The van der Waals surface area contributed by atoms with Crippen LogP contribution in [0, 0.1) is 5.92 Å². The molecular formula is C24H24N4O3S2. The van der Waals surface area contributed by atoms with Crippen molar-refractivity contribution in [2.45, 2.75) is 37.9 Å². The number of thiophene rings is 1. The van der Waals surface area contributed by atoms with Gasteiger partial charge in [0.25, 0.3) is 0 Å². The number of ketones is 1. The molecule has 1 aromatic carbocycles. The molecule has 0 radical (unpaired) electrons. The van der Waals surface area contributed by atoms with Crippen LogP contribution >= 0.6 is 11.3 Å². The molecule has 0 saturated heterocycles. The second-order valence-corrected chi connectivity index (χ2v) is 11.4. The van der Waals surface area contributed by atoms with Crippen molar-refractivity contribution in [1.82, 2.24) is 14.6 Å². The minimum absolute atomic E-state index is 0.118. The molecule has 0 spiro atoms. The van der Waals surface area contributed by atoms with E-state index >= 15 is 0 Å². The first-order valence-corrected chi connectivity index (χ1v) is 13.4. The molecule has 9 heteroatoms. The number of rotatable bonds is 7. The largest absolute Gasteiger partial charge is 0.287 e. The summed E-state index contributed by atoms with van der Waals surface area (Å²) in [6, 6.07) is 12.6. The van der Waals surface area contributed by atoms with Crippen LogP contribution < -0.4 is 4.72 Å². The van der Waals surface area contributed by atoms with Gasteiger partial charge in [-0.3, -0.25) is 9.52 Å². The SMILES string of the molecule is CC(C1CCCC1)S(=O)(=O)Nc1cccc(-c2ccnc3c(C(=O)c4cccs4)cnn23)c1. The van der Waals surface area contributed by atoms with E-state index < -0.39 is 15.3 Å². The highest BCUT2D eigenvalue weighted by Crippen LogP contribution is 2.32.